The number of hydrogen-bond acceptors (Lipinski definition) is 1. The van der Waals surface area contributed by atoms with Gasteiger partial charge in [0.1, 0.15) is 0 Å². The van der Waals surface area contributed by atoms with Crippen LogP contribution in [-0.2, 0) is 0 Å². The van der Waals surface area contributed by atoms with Crippen LogP contribution in [0.25, 0.3) is 0 Å². The Balaban J connectivity index is 5.00. The summed E-state index contributed by atoms with van der Waals surface area (Å²) in [4.78, 5) is 0. The third-order valence-corrected chi connectivity index (χ3v) is 1.11. The predicted molar refractivity (Wildman–Crippen MR) is 46.9 cm³/mol. The van der Waals surface area contributed by atoms with E-state index in [1.807, 2.05) is 0 Å². The molecule has 0 atom stereocenters. The third-order valence-electron chi connectivity index (χ3n) is 1.11. The second-order valence-electron chi connectivity index (χ2n) is 2.83. The van der Waals surface area contributed by atoms with Crippen LogP contribution in [0.3, 0.4) is 0 Å². The van der Waals surface area contributed by atoms with Gasteiger partial charge in [-0.1, -0.05) is 12.2 Å². The highest BCUT2D eigenvalue weighted by Gasteiger charge is 2.31. The number of hydrogen-bond donors (Lipinski definition) is 1. The van der Waals surface area contributed by atoms with Crippen molar-refractivity contribution >= 4 is 0 Å². The van der Waals surface area contributed by atoms with Crippen molar-refractivity contribution < 1.29 is 13.2 Å². The van der Waals surface area contributed by atoms with Crippen molar-refractivity contribution in [2.24, 2.45) is 5.73 Å². The van der Waals surface area contributed by atoms with Gasteiger partial charge >= 0.3 is 6.18 Å². The first kappa shape index (κ1) is 11.8. The van der Waals surface area contributed by atoms with Gasteiger partial charge in [-0.2, -0.15) is 13.2 Å². The van der Waals surface area contributed by atoms with Crippen LogP contribution in [0.2, 0.25) is 0 Å². The molecule has 0 saturated heterocycles. The van der Waals surface area contributed by atoms with Crippen LogP contribution >= 0.6 is 0 Å². The molecule has 0 radical (unpaired) electrons. The molecule has 4 heteroatoms. The highest BCUT2D eigenvalue weighted by molar-refractivity contribution is 5.32. The average Bonchev–Trinajstić information content (AvgIpc) is 1.81. The molecular formula is C9H12F3N. The maximum atomic E-state index is 12.2. The molecule has 0 aliphatic carbocycles. The minimum Gasteiger partial charge on any atom is -0.402 e. The number of nitrogens with two attached hydrogens (primary N) is 1. The molecule has 74 valence electrons. The monoisotopic (exact) mass is 191 g/mol. The average molecular weight is 191 g/mol. The first-order valence-corrected chi connectivity index (χ1v) is 3.61. The van der Waals surface area contributed by atoms with Gasteiger partial charge in [-0.3, -0.25) is 0 Å². The molecule has 0 fully saturated rings. The fraction of sp³-hybridized carbons (Fsp3) is 0.333. The lowest BCUT2D eigenvalue weighted by atomic mass is 10.1. The number of alkyl halides is 3. The summed E-state index contributed by atoms with van der Waals surface area (Å²) in [6, 6.07) is 0. The van der Waals surface area contributed by atoms with Gasteiger partial charge in [0.15, 0.2) is 0 Å². The molecule has 0 unspecified atom stereocenters. The van der Waals surface area contributed by atoms with Crippen LogP contribution in [-0.4, -0.2) is 6.18 Å². The second-order valence-corrected chi connectivity index (χ2v) is 2.83. The van der Waals surface area contributed by atoms with Crippen LogP contribution in [0.15, 0.2) is 35.6 Å². The lowest BCUT2D eigenvalue weighted by molar-refractivity contribution is -0.0883. The summed E-state index contributed by atoms with van der Waals surface area (Å²) >= 11 is 0. The molecule has 0 aliphatic heterocycles. The largest absolute Gasteiger partial charge is 0.416 e. The number of rotatable bonds is 2. The summed E-state index contributed by atoms with van der Waals surface area (Å²) < 4.78 is 36.7. The van der Waals surface area contributed by atoms with Crippen LogP contribution in [0, 0.1) is 0 Å². The Labute approximate surface area is 75.4 Å². The smallest absolute Gasteiger partial charge is 0.402 e. The SMILES string of the molecule is C=C(C)/C=C(\C=C(/C)N)C(F)(F)F. The molecule has 0 aromatic heterocycles. The molecule has 0 spiro atoms. The van der Waals surface area contributed by atoms with E-state index in [1.165, 1.54) is 13.8 Å². The molecule has 0 rings (SSSR count). The van der Waals surface area contributed by atoms with Crippen molar-refractivity contribution in [3.05, 3.63) is 35.6 Å². The van der Waals surface area contributed by atoms with Gasteiger partial charge in [0.25, 0.3) is 0 Å². The third kappa shape index (κ3) is 5.11. The van der Waals surface area contributed by atoms with E-state index in [4.69, 9.17) is 5.73 Å². The molecule has 0 heterocycles. The van der Waals surface area contributed by atoms with Crippen LogP contribution in [0.5, 0.6) is 0 Å². The van der Waals surface area contributed by atoms with Gasteiger partial charge < -0.3 is 5.73 Å². The topological polar surface area (TPSA) is 26.0 Å². The maximum Gasteiger partial charge on any atom is 0.416 e. The van der Waals surface area contributed by atoms with Crippen LogP contribution in [0.1, 0.15) is 13.8 Å². The zero-order valence-corrected chi connectivity index (χ0v) is 7.57. The molecule has 0 saturated carbocycles. The molecule has 0 amide bonds. The normalized spacial score (nSPS) is 14.5. The zero-order valence-electron chi connectivity index (χ0n) is 7.57. The van der Waals surface area contributed by atoms with Gasteiger partial charge in [-0.05, 0) is 26.0 Å². The Hall–Kier alpha value is -1.19. The minimum atomic E-state index is -4.38. The first-order valence-electron chi connectivity index (χ1n) is 3.61. The van der Waals surface area contributed by atoms with Crippen LogP contribution in [0.4, 0.5) is 13.2 Å². The fourth-order valence-electron chi connectivity index (χ4n) is 0.716. The fourth-order valence-corrected chi connectivity index (χ4v) is 0.716. The molecule has 13 heavy (non-hydrogen) atoms. The molecule has 0 aromatic carbocycles. The van der Waals surface area contributed by atoms with Gasteiger partial charge in [0, 0.05) is 5.70 Å². The molecule has 0 aromatic rings. The van der Waals surface area contributed by atoms with E-state index in [2.05, 4.69) is 6.58 Å². The van der Waals surface area contributed by atoms with E-state index >= 15 is 0 Å². The summed E-state index contributed by atoms with van der Waals surface area (Å²) in [5.74, 6) is 0. The summed E-state index contributed by atoms with van der Waals surface area (Å²) in [6.45, 7) is 6.26. The van der Waals surface area contributed by atoms with E-state index in [0.717, 1.165) is 12.2 Å². The van der Waals surface area contributed by atoms with Crippen molar-refractivity contribution in [2.75, 3.05) is 0 Å². The highest BCUT2D eigenvalue weighted by Crippen LogP contribution is 2.27. The van der Waals surface area contributed by atoms with Crippen molar-refractivity contribution in [3.63, 3.8) is 0 Å². The van der Waals surface area contributed by atoms with Gasteiger partial charge in [0.05, 0.1) is 5.57 Å². The summed E-state index contributed by atoms with van der Waals surface area (Å²) in [5.41, 5.74) is 4.83. The van der Waals surface area contributed by atoms with E-state index < -0.39 is 11.7 Å². The van der Waals surface area contributed by atoms with Gasteiger partial charge in [-0.15, -0.1) is 0 Å². The maximum absolute atomic E-state index is 12.2. The van der Waals surface area contributed by atoms with Crippen molar-refractivity contribution in [2.45, 2.75) is 20.0 Å². The van der Waals surface area contributed by atoms with E-state index in [-0.39, 0.29) is 5.70 Å². The summed E-state index contributed by atoms with van der Waals surface area (Å²) in [5, 5.41) is 0. The quantitative estimate of drug-likeness (QED) is 0.667. The highest BCUT2D eigenvalue weighted by atomic mass is 19.4. The Morgan fingerprint density at radius 2 is 1.69 bits per heavy atom. The zero-order chi connectivity index (χ0) is 10.6. The lowest BCUT2D eigenvalue weighted by Gasteiger charge is -2.08. The molecule has 0 aliphatic rings. The van der Waals surface area contributed by atoms with Gasteiger partial charge in [-0.25, -0.2) is 0 Å². The Kier molecular flexibility index (Phi) is 3.78. The summed E-state index contributed by atoms with van der Waals surface area (Å²) in [6.07, 6.45) is -2.54. The minimum absolute atomic E-state index is 0.116. The molecular weight excluding hydrogens is 179 g/mol. The van der Waals surface area contributed by atoms with E-state index in [9.17, 15) is 13.2 Å². The lowest BCUT2D eigenvalue weighted by Crippen LogP contribution is -2.11. The molecule has 2 N–H and O–H groups in total. The Morgan fingerprint density at radius 1 is 1.23 bits per heavy atom. The number of allylic oxidation sites excluding steroid dienone is 5. The Bertz CT molecular complexity index is 255. The summed E-state index contributed by atoms with van der Waals surface area (Å²) in [7, 11) is 0. The molecule has 0 bridgehead atoms. The van der Waals surface area contributed by atoms with Crippen molar-refractivity contribution in [1.82, 2.24) is 0 Å². The second kappa shape index (κ2) is 4.16. The first-order chi connectivity index (χ1) is 5.73. The Morgan fingerprint density at radius 3 is 1.92 bits per heavy atom. The predicted octanol–water partition coefficient (Wildman–Crippen LogP) is 2.91. The molecule has 1 nitrogen and oxygen atoms in total. The van der Waals surface area contributed by atoms with Crippen LogP contribution < -0.4 is 5.73 Å². The van der Waals surface area contributed by atoms with Crippen molar-refractivity contribution in [3.8, 4) is 0 Å². The van der Waals surface area contributed by atoms with Gasteiger partial charge in [0.2, 0.25) is 0 Å². The van der Waals surface area contributed by atoms with Crippen molar-refractivity contribution in [1.29, 1.82) is 0 Å². The number of halogens is 3. The van der Waals surface area contributed by atoms with E-state index in [0.29, 0.717) is 5.57 Å². The standard InChI is InChI=1S/C9H12F3N/c1-6(2)4-8(5-7(3)13)9(10,11)12/h4-5H,1,13H2,2-3H3/b7-5+,8-4+. The van der Waals surface area contributed by atoms with E-state index in [1.54, 1.807) is 0 Å².